The van der Waals surface area contributed by atoms with Gasteiger partial charge in [-0.25, -0.2) is 28.4 Å². The molecule has 3 saturated carbocycles. The lowest BCUT2D eigenvalue weighted by molar-refractivity contribution is 0.0571. The number of aromatic nitrogens is 3. The minimum atomic E-state index is -3.33. The molecule has 4 atom stereocenters. The van der Waals surface area contributed by atoms with Crippen LogP contribution in [0.15, 0.2) is 56.8 Å². The molecule has 3 heterocycles. The number of aliphatic imine (C=N–C) groups is 3. The Labute approximate surface area is 247 Å². The molecule has 2 N–H and O–H groups in total. The van der Waals surface area contributed by atoms with E-state index >= 15 is 0 Å². The average Bonchev–Trinajstić information content (AvgIpc) is 3.62. The molecule has 0 spiro atoms. The van der Waals surface area contributed by atoms with Crippen molar-refractivity contribution in [3.8, 4) is 0 Å². The number of sulfone groups is 1. The summed E-state index contributed by atoms with van der Waals surface area (Å²) in [4.78, 5) is 29.8. The van der Waals surface area contributed by atoms with Crippen LogP contribution in [0, 0.1) is 18.8 Å². The van der Waals surface area contributed by atoms with Crippen LogP contribution in [-0.4, -0.2) is 76.0 Å². The Morgan fingerprint density at radius 2 is 1.98 bits per heavy atom. The maximum Gasteiger partial charge on any atom is 0.187 e. The molecule has 4 aliphatic rings. The largest absolute Gasteiger partial charge is 0.367 e. The number of pyridine rings is 1. The number of fused-ring (bicyclic) bond motifs is 2. The Morgan fingerprint density at radius 1 is 1.17 bits per heavy atom. The number of nitrogens with zero attached hydrogens (tertiary/aromatic N) is 7. The van der Waals surface area contributed by atoms with Gasteiger partial charge in [0.1, 0.15) is 12.0 Å². The lowest BCUT2D eigenvalue weighted by Crippen LogP contribution is -2.58. The molecule has 0 radical (unpaired) electrons. The van der Waals surface area contributed by atoms with E-state index in [4.69, 9.17) is 4.99 Å². The van der Waals surface area contributed by atoms with Gasteiger partial charge >= 0.3 is 0 Å². The number of rotatable bonds is 7. The summed E-state index contributed by atoms with van der Waals surface area (Å²) in [6.45, 7) is 8.08. The smallest absolute Gasteiger partial charge is 0.187 e. The van der Waals surface area contributed by atoms with Crippen LogP contribution in [-0.2, 0) is 16.4 Å². The van der Waals surface area contributed by atoms with Gasteiger partial charge in [-0.3, -0.25) is 9.98 Å². The highest BCUT2D eigenvalue weighted by molar-refractivity contribution is 7.91. The molecule has 6 rings (SSSR count). The minimum Gasteiger partial charge on any atom is -0.367 e. The summed E-state index contributed by atoms with van der Waals surface area (Å²) in [6, 6.07) is 3.34. The van der Waals surface area contributed by atoms with E-state index in [0.717, 1.165) is 49.1 Å². The summed E-state index contributed by atoms with van der Waals surface area (Å²) >= 11 is 0. The van der Waals surface area contributed by atoms with Gasteiger partial charge < -0.3 is 15.3 Å². The summed E-state index contributed by atoms with van der Waals surface area (Å²) in [5.41, 5.74) is 3.70. The highest BCUT2D eigenvalue weighted by Gasteiger charge is 2.47. The second-order valence-corrected chi connectivity index (χ2v) is 14.0. The van der Waals surface area contributed by atoms with E-state index in [0.29, 0.717) is 46.7 Å². The number of aliphatic hydroxyl groups excluding tert-OH is 1. The molecule has 2 bridgehead atoms. The van der Waals surface area contributed by atoms with Crippen molar-refractivity contribution in [3.05, 3.63) is 59.6 Å². The van der Waals surface area contributed by atoms with Gasteiger partial charge in [0, 0.05) is 25.2 Å². The first kappa shape index (κ1) is 28.6. The third-order valence-corrected chi connectivity index (χ3v) is 10.7. The van der Waals surface area contributed by atoms with Crippen molar-refractivity contribution < 1.29 is 13.5 Å². The Hall–Kier alpha value is -3.51. The minimum absolute atomic E-state index is 0.0172. The first-order chi connectivity index (χ1) is 20.2. The third kappa shape index (κ3) is 5.37. The number of hydrogen-bond acceptors (Lipinski definition) is 9. The quantitative estimate of drug-likeness (QED) is 0.370. The average molecular weight is 591 g/mol. The molecule has 3 aliphatic carbocycles. The van der Waals surface area contributed by atoms with Gasteiger partial charge in [0.2, 0.25) is 0 Å². The maximum absolute atomic E-state index is 12.2. The number of aryl methyl sites for hydroxylation is 1. The van der Waals surface area contributed by atoms with Gasteiger partial charge in [0.15, 0.2) is 33.6 Å². The van der Waals surface area contributed by atoms with E-state index in [1.54, 1.807) is 32.4 Å². The van der Waals surface area contributed by atoms with Gasteiger partial charge in [-0.05, 0) is 63.0 Å². The van der Waals surface area contributed by atoms with E-state index in [1.165, 1.54) is 12.6 Å². The first-order valence-corrected chi connectivity index (χ1v) is 16.4. The zero-order chi connectivity index (χ0) is 29.6. The number of hydrogen-bond donors (Lipinski definition) is 2. The lowest BCUT2D eigenvalue weighted by atomic mass is 9.93. The van der Waals surface area contributed by atoms with Gasteiger partial charge in [0.25, 0.3) is 0 Å². The lowest BCUT2D eigenvalue weighted by Gasteiger charge is -2.42. The summed E-state index contributed by atoms with van der Waals surface area (Å²) in [7, 11) is -1.61. The standard InChI is InChI=1S/C30H38N8O3S/c1-5-42(40,41)23-11-10-22(32-15-23)14-33-28-30(39)38(24-13-19-6-7-21(24)12-19)29(18(3)36-28)37-27(31-4)25-17(2)34-16-35-26(25)20-8-9-20/h10-11,15-16,19-21,24,30,39H,3,5-9,12-14H2,1-2,4H3,(H,33,36)/b31-27-,37-29+/t19-,21+,24+,30?/m0/s1. The summed E-state index contributed by atoms with van der Waals surface area (Å²) in [5.74, 6) is 2.91. The van der Waals surface area contributed by atoms with Crippen LogP contribution in [0.2, 0.25) is 0 Å². The molecule has 0 amide bonds. The number of nitrogens with one attached hydrogen (secondary N) is 1. The molecule has 2 aromatic heterocycles. The SMILES string of the molecule is C=C1N=C(NCc2ccc(S(=O)(=O)CC)cn2)C(O)N([C@@H]2C[C@H]3CC[C@@H]2C3)/C1=N/C(=N\C)c1c(C)ncnc1C1CC1. The Kier molecular flexibility index (Phi) is 7.69. The second kappa shape index (κ2) is 11.3. The predicted molar refractivity (Wildman–Crippen MR) is 161 cm³/mol. The van der Waals surface area contributed by atoms with Crippen LogP contribution in [0.25, 0.3) is 0 Å². The van der Waals surface area contributed by atoms with E-state index in [1.807, 2.05) is 11.8 Å². The molecular weight excluding hydrogens is 552 g/mol. The van der Waals surface area contributed by atoms with E-state index in [-0.39, 0.29) is 23.2 Å². The fraction of sp³-hybridized carbons (Fsp3) is 0.533. The molecule has 12 heteroatoms. The Morgan fingerprint density at radius 3 is 2.60 bits per heavy atom. The van der Waals surface area contributed by atoms with E-state index < -0.39 is 16.1 Å². The van der Waals surface area contributed by atoms with Gasteiger partial charge in [-0.15, -0.1) is 0 Å². The molecule has 11 nitrogen and oxygen atoms in total. The third-order valence-electron chi connectivity index (χ3n) is 8.99. The van der Waals surface area contributed by atoms with Gasteiger partial charge in [-0.1, -0.05) is 19.9 Å². The summed E-state index contributed by atoms with van der Waals surface area (Å²) in [5, 5.41) is 15.0. The van der Waals surface area contributed by atoms with E-state index in [9.17, 15) is 13.5 Å². The second-order valence-electron chi connectivity index (χ2n) is 11.7. The summed E-state index contributed by atoms with van der Waals surface area (Å²) in [6.07, 6.45) is 8.57. The molecule has 1 aliphatic heterocycles. The highest BCUT2D eigenvalue weighted by Crippen LogP contribution is 2.48. The van der Waals surface area contributed by atoms with Crippen LogP contribution < -0.4 is 5.32 Å². The first-order valence-electron chi connectivity index (χ1n) is 14.7. The number of amidine groups is 3. The molecule has 0 saturated heterocycles. The molecule has 42 heavy (non-hydrogen) atoms. The zero-order valence-corrected chi connectivity index (χ0v) is 25.2. The predicted octanol–water partition coefficient (Wildman–Crippen LogP) is 3.15. The zero-order valence-electron chi connectivity index (χ0n) is 24.4. The highest BCUT2D eigenvalue weighted by atomic mass is 32.2. The molecule has 2 aromatic rings. The van der Waals surface area contributed by atoms with Gasteiger partial charge in [-0.2, -0.15) is 0 Å². The Balaban J connectivity index is 1.32. The van der Waals surface area contributed by atoms with Crippen LogP contribution in [0.3, 0.4) is 0 Å². The molecule has 222 valence electrons. The monoisotopic (exact) mass is 590 g/mol. The molecule has 1 unspecified atom stereocenters. The fourth-order valence-electron chi connectivity index (χ4n) is 6.59. The summed E-state index contributed by atoms with van der Waals surface area (Å²) < 4.78 is 24.3. The van der Waals surface area contributed by atoms with Crippen LogP contribution >= 0.6 is 0 Å². The van der Waals surface area contributed by atoms with Crippen molar-refractivity contribution in [2.45, 2.75) is 82.0 Å². The van der Waals surface area contributed by atoms with Crippen molar-refractivity contribution in [3.63, 3.8) is 0 Å². The topological polar surface area (TPSA) is 145 Å². The van der Waals surface area contributed by atoms with Crippen molar-refractivity contribution in [1.82, 2.24) is 25.2 Å². The normalized spacial score (nSPS) is 27.1. The van der Waals surface area contributed by atoms with Crippen molar-refractivity contribution >= 4 is 27.3 Å². The molecular formula is C30H38N8O3S. The van der Waals surface area contributed by atoms with Crippen molar-refractivity contribution in [1.29, 1.82) is 0 Å². The van der Waals surface area contributed by atoms with E-state index in [2.05, 4.69) is 36.8 Å². The maximum atomic E-state index is 12.2. The van der Waals surface area contributed by atoms with Crippen molar-refractivity contribution in [2.24, 2.45) is 26.8 Å². The van der Waals surface area contributed by atoms with Gasteiger partial charge in [0.05, 0.1) is 39.8 Å². The molecule has 3 fully saturated rings. The fourth-order valence-corrected chi connectivity index (χ4v) is 7.42. The van der Waals surface area contributed by atoms with Crippen LogP contribution in [0.4, 0.5) is 0 Å². The van der Waals surface area contributed by atoms with Crippen molar-refractivity contribution in [2.75, 3.05) is 12.8 Å². The Bertz CT molecular complexity index is 1580. The van der Waals surface area contributed by atoms with Crippen LogP contribution in [0.1, 0.15) is 74.0 Å². The number of aliphatic hydroxyl groups is 1. The van der Waals surface area contributed by atoms with Crippen LogP contribution in [0.5, 0.6) is 0 Å². The molecule has 0 aromatic carbocycles.